The molecule has 1 aromatic rings. The lowest BCUT2D eigenvalue weighted by atomic mass is 9.75. The number of methoxy groups -OCH3 is 1. The average Bonchev–Trinajstić information content (AvgIpc) is 2.88. The van der Waals surface area contributed by atoms with E-state index in [1.807, 2.05) is 24.3 Å². The molecule has 0 aromatic heterocycles. The van der Waals surface area contributed by atoms with Gasteiger partial charge in [-0.25, -0.2) is 0 Å². The molecule has 0 saturated heterocycles. The second kappa shape index (κ2) is 5.09. The van der Waals surface area contributed by atoms with Gasteiger partial charge in [0.1, 0.15) is 5.75 Å². The van der Waals surface area contributed by atoms with Gasteiger partial charge in [0, 0.05) is 5.41 Å². The van der Waals surface area contributed by atoms with Gasteiger partial charge in [0.25, 0.3) is 0 Å². The Kier molecular flexibility index (Phi) is 3.72. The quantitative estimate of drug-likeness (QED) is 0.860. The van der Waals surface area contributed by atoms with Crippen molar-refractivity contribution in [2.75, 3.05) is 7.11 Å². The Hall–Kier alpha value is -1.02. The molecule has 0 amide bonds. The fraction of sp³-hybridized carbons (Fsp3) is 0.600. The summed E-state index contributed by atoms with van der Waals surface area (Å²) in [5.41, 5.74) is 1.08. The van der Waals surface area contributed by atoms with Gasteiger partial charge in [-0.1, -0.05) is 31.9 Å². The van der Waals surface area contributed by atoms with E-state index in [1.165, 1.54) is 12.8 Å². The van der Waals surface area contributed by atoms with E-state index in [1.54, 1.807) is 7.11 Å². The second-order valence-corrected chi connectivity index (χ2v) is 5.10. The smallest absolute Gasteiger partial charge is 0.119 e. The summed E-state index contributed by atoms with van der Waals surface area (Å²) >= 11 is 0. The molecule has 1 unspecified atom stereocenters. The minimum absolute atomic E-state index is 0.0896. The van der Waals surface area contributed by atoms with Gasteiger partial charge in [0.15, 0.2) is 0 Å². The lowest BCUT2D eigenvalue weighted by Gasteiger charge is -2.33. The Bertz CT molecular complexity index is 367. The highest BCUT2D eigenvalue weighted by Gasteiger charge is 2.39. The van der Waals surface area contributed by atoms with Crippen molar-refractivity contribution in [3.63, 3.8) is 0 Å². The highest BCUT2D eigenvalue weighted by atomic mass is 16.5. The first-order valence-corrected chi connectivity index (χ1v) is 6.54. The summed E-state index contributed by atoms with van der Waals surface area (Å²) in [6.45, 7) is 2.19. The van der Waals surface area contributed by atoms with Crippen molar-refractivity contribution in [1.82, 2.24) is 0 Å². The fourth-order valence-corrected chi connectivity index (χ4v) is 3.06. The molecule has 1 saturated carbocycles. The maximum Gasteiger partial charge on any atom is 0.119 e. The first kappa shape index (κ1) is 12.4. The predicted molar refractivity (Wildman–Crippen MR) is 69.1 cm³/mol. The fourth-order valence-electron chi connectivity index (χ4n) is 3.06. The Balaban J connectivity index is 2.25. The van der Waals surface area contributed by atoms with Gasteiger partial charge in [-0.15, -0.1) is 0 Å². The third-order valence-corrected chi connectivity index (χ3v) is 4.29. The van der Waals surface area contributed by atoms with Crippen LogP contribution < -0.4 is 4.74 Å². The zero-order valence-electron chi connectivity index (χ0n) is 10.8. The number of hydrogen-bond donors (Lipinski definition) is 1. The van der Waals surface area contributed by atoms with Crippen molar-refractivity contribution in [1.29, 1.82) is 0 Å². The Labute approximate surface area is 104 Å². The average molecular weight is 234 g/mol. The van der Waals surface area contributed by atoms with Gasteiger partial charge >= 0.3 is 0 Å². The molecule has 17 heavy (non-hydrogen) atoms. The van der Waals surface area contributed by atoms with Crippen molar-refractivity contribution in [2.45, 2.75) is 45.1 Å². The third kappa shape index (κ3) is 2.32. The van der Waals surface area contributed by atoms with E-state index in [2.05, 4.69) is 6.92 Å². The van der Waals surface area contributed by atoms with Crippen molar-refractivity contribution in [3.8, 4) is 5.75 Å². The van der Waals surface area contributed by atoms with Gasteiger partial charge in [-0.05, 0) is 37.0 Å². The highest BCUT2D eigenvalue weighted by molar-refractivity contribution is 5.31. The molecular formula is C15H22O2. The van der Waals surface area contributed by atoms with Crippen molar-refractivity contribution in [3.05, 3.63) is 29.8 Å². The van der Waals surface area contributed by atoms with Crippen LogP contribution in [-0.4, -0.2) is 12.2 Å². The van der Waals surface area contributed by atoms with Gasteiger partial charge in [-0.2, -0.15) is 0 Å². The van der Waals surface area contributed by atoms with Crippen LogP contribution in [0.15, 0.2) is 24.3 Å². The van der Waals surface area contributed by atoms with Crippen LogP contribution in [0.2, 0.25) is 0 Å². The van der Waals surface area contributed by atoms with Crippen LogP contribution in [0.1, 0.15) is 50.7 Å². The van der Waals surface area contributed by atoms with Crippen molar-refractivity contribution in [2.24, 2.45) is 5.41 Å². The minimum Gasteiger partial charge on any atom is -0.497 e. The van der Waals surface area contributed by atoms with Crippen LogP contribution in [0.5, 0.6) is 5.75 Å². The van der Waals surface area contributed by atoms with Crippen LogP contribution in [-0.2, 0) is 0 Å². The molecule has 1 atom stereocenters. The normalized spacial score (nSPS) is 20.2. The molecular weight excluding hydrogens is 212 g/mol. The van der Waals surface area contributed by atoms with E-state index in [4.69, 9.17) is 4.74 Å². The summed E-state index contributed by atoms with van der Waals surface area (Å²) in [4.78, 5) is 0. The molecule has 0 bridgehead atoms. The maximum absolute atomic E-state index is 10.6. The molecule has 1 aliphatic carbocycles. The third-order valence-electron chi connectivity index (χ3n) is 4.29. The van der Waals surface area contributed by atoms with E-state index in [0.29, 0.717) is 0 Å². The lowest BCUT2D eigenvalue weighted by molar-refractivity contribution is 0.0236. The molecule has 2 nitrogen and oxygen atoms in total. The number of aliphatic hydroxyl groups is 1. The molecule has 2 rings (SSSR count). The Morgan fingerprint density at radius 1 is 1.35 bits per heavy atom. The highest BCUT2D eigenvalue weighted by Crippen LogP contribution is 2.50. The SMILES string of the molecule is CCC1(C(O)c2cccc(OC)c2)CCCC1. The molecule has 0 spiro atoms. The zero-order chi connectivity index (χ0) is 12.3. The van der Waals surface area contributed by atoms with Crippen LogP contribution in [0, 0.1) is 5.41 Å². The molecule has 94 valence electrons. The number of benzene rings is 1. The Morgan fingerprint density at radius 3 is 2.65 bits per heavy atom. The summed E-state index contributed by atoms with van der Waals surface area (Å²) in [6, 6.07) is 7.84. The molecule has 1 aromatic carbocycles. The first-order chi connectivity index (χ1) is 8.22. The monoisotopic (exact) mass is 234 g/mol. The van der Waals surface area contributed by atoms with E-state index in [9.17, 15) is 5.11 Å². The van der Waals surface area contributed by atoms with Gasteiger partial charge in [0.05, 0.1) is 13.2 Å². The lowest BCUT2D eigenvalue weighted by Crippen LogP contribution is -2.25. The zero-order valence-corrected chi connectivity index (χ0v) is 10.8. The topological polar surface area (TPSA) is 29.5 Å². The largest absolute Gasteiger partial charge is 0.497 e. The molecule has 1 fully saturated rings. The maximum atomic E-state index is 10.6. The molecule has 0 heterocycles. The molecule has 0 radical (unpaired) electrons. The number of aliphatic hydroxyl groups excluding tert-OH is 1. The van der Waals surface area contributed by atoms with E-state index < -0.39 is 0 Å². The van der Waals surface area contributed by atoms with Crippen LogP contribution >= 0.6 is 0 Å². The van der Waals surface area contributed by atoms with E-state index >= 15 is 0 Å². The van der Waals surface area contributed by atoms with E-state index in [0.717, 1.165) is 30.6 Å². The first-order valence-electron chi connectivity index (χ1n) is 6.54. The summed E-state index contributed by atoms with van der Waals surface area (Å²) in [5, 5.41) is 10.6. The van der Waals surface area contributed by atoms with Gasteiger partial charge < -0.3 is 9.84 Å². The molecule has 1 aliphatic rings. The van der Waals surface area contributed by atoms with E-state index in [-0.39, 0.29) is 11.5 Å². The van der Waals surface area contributed by atoms with Crippen LogP contribution in [0.3, 0.4) is 0 Å². The summed E-state index contributed by atoms with van der Waals surface area (Å²) in [5.74, 6) is 0.825. The second-order valence-electron chi connectivity index (χ2n) is 5.10. The van der Waals surface area contributed by atoms with Gasteiger partial charge in [0.2, 0.25) is 0 Å². The molecule has 0 aliphatic heterocycles. The van der Waals surface area contributed by atoms with Crippen molar-refractivity contribution >= 4 is 0 Å². The number of rotatable bonds is 4. The summed E-state index contributed by atoms with van der Waals surface area (Å²) in [6.07, 6.45) is 5.46. The van der Waals surface area contributed by atoms with Crippen LogP contribution in [0.25, 0.3) is 0 Å². The molecule has 2 heteroatoms. The van der Waals surface area contributed by atoms with Crippen molar-refractivity contribution < 1.29 is 9.84 Å². The number of hydrogen-bond acceptors (Lipinski definition) is 2. The molecule has 1 N–H and O–H groups in total. The van der Waals surface area contributed by atoms with Gasteiger partial charge in [-0.3, -0.25) is 0 Å². The standard InChI is InChI=1S/C15H22O2/c1-3-15(9-4-5-10-15)14(16)12-7-6-8-13(11-12)17-2/h6-8,11,14,16H,3-5,9-10H2,1-2H3. The number of ether oxygens (including phenoxy) is 1. The van der Waals surface area contributed by atoms with Crippen LogP contribution in [0.4, 0.5) is 0 Å². The Morgan fingerprint density at radius 2 is 2.06 bits per heavy atom. The summed E-state index contributed by atoms with van der Waals surface area (Å²) < 4.78 is 5.22. The predicted octanol–water partition coefficient (Wildman–Crippen LogP) is 3.70. The minimum atomic E-state index is -0.356. The summed E-state index contributed by atoms with van der Waals surface area (Å²) in [7, 11) is 1.66.